The van der Waals surface area contributed by atoms with Crippen LogP contribution >= 0.6 is 0 Å². The average molecular weight is 489 g/mol. The number of rotatable bonds is 7. The van der Waals surface area contributed by atoms with E-state index in [-0.39, 0.29) is 22.3 Å². The standard InChI is InChI=1S/C28H24FNO6/c1-33-19-8-4-16(5-9-19)12-13-30-25(17-6-10-22(34-2)23(14-17)35-3)24-26(31)20-15-18(29)7-11-21(20)36-27(24)28(30)32/h4-11,14-15,25H,12-13H2,1-3H3. The smallest absolute Gasteiger partial charge is 0.290 e. The van der Waals surface area contributed by atoms with Gasteiger partial charge < -0.3 is 23.5 Å². The molecule has 1 aliphatic rings. The second kappa shape index (κ2) is 9.37. The average Bonchev–Trinajstić information content (AvgIpc) is 3.19. The summed E-state index contributed by atoms with van der Waals surface area (Å²) in [7, 11) is 4.65. The van der Waals surface area contributed by atoms with E-state index in [0.717, 1.165) is 17.4 Å². The van der Waals surface area contributed by atoms with Crippen LogP contribution in [0.2, 0.25) is 0 Å². The molecule has 7 nitrogen and oxygen atoms in total. The number of carbonyl (C=O) groups excluding carboxylic acids is 1. The van der Waals surface area contributed by atoms with Gasteiger partial charge in [-0.05, 0) is 60.0 Å². The van der Waals surface area contributed by atoms with Crippen molar-refractivity contribution in [3.05, 3.63) is 99.2 Å². The van der Waals surface area contributed by atoms with Gasteiger partial charge in [0.2, 0.25) is 5.76 Å². The molecule has 0 fully saturated rings. The number of hydrogen-bond donors (Lipinski definition) is 0. The summed E-state index contributed by atoms with van der Waals surface area (Å²) in [5.41, 5.74) is 1.55. The first-order chi connectivity index (χ1) is 17.4. The topological polar surface area (TPSA) is 78.2 Å². The van der Waals surface area contributed by atoms with E-state index in [1.807, 2.05) is 24.3 Å². The molecule has 4 aromatic rings. The monoisotopic (exact) mass is 489 g/mol. The zero-order valence-electron chi connectivity index (χ0n) is 20.0. The van der Waals surface area contributed by atoms with E-state index in [4.69, 9.17) is 18.6 Å². The predicted octanol–water partition coefficient (Wildman–Crippen LogP) is 4.75. The molecule has 1 aromatic heterocycles. The van der Waals surface area contributed by atoms with Crippen molar-refractivity contribution >= 4 is 16.9 Å². The van der Waals surface area contributed by atoms with Gasteiger partial charge in [-0.1, -0.05) is 18.2 Å². The van der Waals surface area contributed by atoms with Crippen molar-refractivity contribution in [3.8, 4) is 17.2 Å². The van der Waals surface area contributed by atoms with E-state index in [0.29, 0.717) is 30.0 Å². The summed E-state index contributed by atoms with van der Waals surface area (Å²) < 4.78 is 35.9. The lowest BCUT2D eigenvalue weighted by molar-refractivity contribution is 0.0730. The first-order valence-electron chi connectivity index (χ1n) is 11.4. The highest BCUT2D eigenvalue weighted by atomic mass is 19.1. The Morgan fingerprint density at radius 1 is 0.889 bits per heavy atom. The Balaban J connectivity index is 1.63. The maximum Gasteiger partial charge on any atom is 0.290 e. The highest BCUT2D eigenvalue weighted by Gasteiger charge is 2.42. The molecular formula is C28H24FNO6. The van der Waals surface area contributed by atoms with Crippen LogP contribution in [0.15, 0.2) is 69.9 Å². The van der Waals surface area contributed by atoms with Crippen LogP contribution in [0, 0.1) is 5.82 Å². The molecule has 0 spiro atoms. The van der Waals surface area contributed by atoms with Crippen LogP contribution in [-0.2, 0) is 6.42 Å². The fourth-order valence-corrected chi connectivity index (χ4v) is 4.63. The highest BCUT2D eigenvalue weighted by molar-refractivity contribution is 5.99. The Labute approximate surface area is 206 Å². The van der Waals surface area contributed by atoms with Gasteiger partial charge in [0.05, 0.1) is 38.3 Å². The number of carbonyl (C=O) groups is 1. The molecule has 1 amide bonds. The molecule has 0 aliphatic carbocycles. The van der Waals surface area contributed by atoms with Crippen molar-refractivity contribution in [2.45, 2.75) is 12.5 Å². The largest absolute Gasteiger partial charge is 0.497 e. The molecule has 0 saturated heterocycles. The Hall–Kier alpha value is -4.33. The quantitative estimate of drug-likeness (QED) is 0.373. The fourth-order valence-electron chi connectivity index (χ4n) is 4.63. The second-order valence-corrected chi connectivity index (χ2v) is 8.43. The predicted molar refractivity (Wildman–Crippen MR) is 132 cm³/mol. The molecule has 1 unspecified atom stereocenters. The van der Waals surface area contributed by atoms with Crippen LogP contribution in [0.25, 0.3) is 11.0 Å². The van der Waals surface area contributed by atoms with E-state index in [1.54, 1.807) is 30.2 Å². The number of nitrogens with zero attached hydrogens (tertiary/aromatic N) is 1. The summed E-state index contributed by atoms with van der Waals surface area (Å²) in [6.45, 7) is 0.318. The SMILES string of the molecule is COc1ccc(CCN2C(=O)c3oc4ccc(F)cc4c(=O)c3C2c2ccc(OC)c(OC)c2)cc1. The minimum absolute atomic E-state index is 0.0337. The van der Waals surface area contributed by atoms with Gasteiger partial charge >= 0.3 is 0 Å². The van der Waals surface area contributed by atoms with Gasteiger partial charge in [-0.15, -0.1) is 0 Å². The molecule has 8 heteroatoms. The summed E-state index contributed by atoms with van der Waals surface area (Å²) in [5.74, 6) is 0.721. The summed E-state index contributed by atoms with van der Waals surface area (Å²) >= 11 is 0. The van der Waals surface area contributed by atoms with Crippen molar-refractivity contribution in [2.24, 2.45) is 0 Å². The molecular weight excluding hydrogens is 465 g/mol. The van der Waals surface area contributed by atoms with E-state index < -0.39 is 23.2 Å². The second-order valence-electron chi connectivity index (χ2n) is 8.43. The first-order valence-corrected chi connectivity index (χ1v) is 11.4. The molecule has 184 valence electrons. The Morgan fingerprint density at radius 2 is 1.64 bits per heavy atom. The van der Waals surface area contributed by atoms with Gasteiger partial charge in [0.1, 0.15) is 17.1 Å². The number of halogens is 1. The van der Waals surface area contributed by atoms with Crippen molar-refractivity contribution in [1.29, 1.82) is 0 Å². The lowest BCUT2D eigenvalue weighted by Crippen LogP contribution is -2.31. The van der Waals surface area contributed by atoms with Crippen LogP contribution in [0.1, 0.15) is 33.3 Å². The van der Waals surface area contributed by atoms with Crippen LogP contribution in [-0.4, -0.2) is 38.7 Å². The molecule has 1 atom stereocenters. The van der Waals surface area contributed by atoms with E-state index in [2.05, 4.69) is 0 Å². The number of fused-ring (bicyclic) bond motifs is 2. The van der Waals surface area contributed by atoms with E-state index in [1.165, 1.54) is 26.4 Å². The van der Waals surface area contributed by atoms with Gasteiger partial charge in [0.25, 0.3) is 5.91 Å². The minimum Gasteiger partial charge on any atom is -0.497 e. The zero-order chi connectivity index (χ0) is 25.4. The van der Waals surface area contributed by atoms with Crippen molar-refractivity contribution in [3.63, 3.8) is 0 Å². The number of amides is 1. The van der Waals surface area contributed by atoms with Crippen molar-refractivity contribution in [1.82, 2.24) is 4.90 Å². The third kappa shape index (κ3) is 3.94. The lowest BCUT2D eigenvalue weighted by atomic mass is 9.97. The molecule has 0 radical (unpaired) electrons. The molecule has 0 saturated carbocycles. The Bertz CT molecular complexity index is 1510. The van der Waals surface area contributed by atoms with Gasteiger partial charge in [-0.3, -0.25) is 9.59 Å². The Kier molecular flexibility index (Phi) is 6.10. The van der Waals surface area contributed by atoms with E-state index >= 15 is 0 Å². The summed E-state index contributed by atoms with van der Waals surface area (Å²) in [6, 6.07) is 15.8. The normalized spacial score (nSPS) is 14.7. The van der Waals surface area contributed by atoms with Gasteiger partial charge in [0.15, 0.2) is 16.9 Å². The van der Waals surface area contributed by atoms with Crippen LogP contribution in [0.5, 0.6) is 17.2 Å². The molecule has 36 heavy (non-hydrogen) atoms. The molecule has 5 rings (SSSR count). The van der Waals surface area contributed by atoms with Crippen molar-refractivity contribution < 1.29 is 27.8 Å². The summed E-state index contributed by atoms with van der Waals surface area (Å²) in [6.07, 6.45) is 0.538. The fraction of sp³-hybridized carbons (Fsp3) is 0.214. The first kappa shape index (κ1) is 23.4. The van der Waals surface area contributed by atoms with Gasteiger partial charge in [0, 0.05) is 6.54 Å². The third-order valence-electron chi connectivity index (χ3n) is 6.45. The maximum absolute atomic E-state index is 14.0. The number of ether oxygens (including phenoxy) is 3. The highest BCUT2D eigenvalue weighted by Crippen LogP contribution is 2.41. The lowest BCUT2D eigenvalue weighted by Gasteiger charge is -2.26. The molecule has 0 bridgehead atoms. The number of hydrogen-bond acceptors (Lipinski definition) is 6. The maximum atomic E-state index is 14.0. The van der Waals surface area contributed by atoms with Gasteiger partial charge in [-0.2, -0.15) is 0 Å². The Morgan fingerprint density at radius 3 is 2.33 bits per heavy atom. The van der Waals surface area contributed by atoms with Crippen LogP contribution in [0.3, 0.4) is 0 Å². The minimum atomic E-state index is -0.741. The van der Waals surface area contributed by atoms with Crippen molar-refractivity contribution in [2.75, 3.05) is 27.9 Å². The molecule has 0 N–H and O–H groups in total. The molecule has 2 heterocycles. The zero-order valence-corrected chi connectivity index (χ0v) is 20.0. The third-order valence-corrected chi connectivity index (χ3v) is 6.45. The van der Waals surface area contributed by atoms with Crippen LogP contribution < -0.4 is 19.6 Å². The molecule has 1 aliphatic heterocycles. The number of benzene rings is 3. The van der Waals surface area contributed by atoms with Crippen LogP contribution in [0.4, 0.5) is 4.39 Å². The molecule has 3 aromatic carbocycles. The summed E-state index contributed by atoms with van der Waals surface area (Å²) in [5, 5.41) is 0.0871. The van der Waals surface area contributed by atoms with Gasteiger partial charge in [-0.25, -0.2) is 4.39 Å². The summed E-state index contributed by atoms with van der Waals surface area (Å²) in [4.78, 5) is 28.8. The number of methoxy groups -OCH3 is 3. The van der Waals surface area contributed by atoms with E-state index in [9.17, 15) is 14.0 Å².